The number of rotatable bonds is 9. The molecule has 0 heterocycles. The second-order valence-electron chi connectivity index (χ2n) is 7.56. The highest BCUT2D eigenvalue weighted by Gasteiger charge is 2.23. The summed E-state index contributed by atoms with van der Waals surface area (Å²) in [6.45, 7) is 6.56. The zero-order valence-electron chi connectivity index (χ0n) is 17.8. The molecule has 0 aliphatic carbocycles. The Kier molecular flexibility index (Phi) is 9.34. The van der Waals surface area contributed by atoms with E-state index >= 15 is 0 Å². The molecule has 166 valence electrons. The van der Waals surface area contributed by atoms with E-state index in [4.69, 9.17) is 23.2 Å². The molecule has 0 aromatic heterocycles. The van der Waals surface area contributed by atoms with Crippen molar-refractivity contribution in [3.63, 3.8) is 0 Å². The smallest absolute Gasteiger partial charge is 0.253 e. The van der Waals surface area contributed by atoms with Gasteiger partial charge in [-0.1, -0.05) is 49.2 Å². The first kappa shape index (κ1) is 24.7. The van der Waals surface area contributed by atoms with Crippen molar-refractivity contribution in [2.75, 3.05) is 6.54 Å². The van der Waals surface area contributed by atoms with Gasteiger partial charge in [0.15, 0.2) is 0 Å². The zero-order valence-corrected chi connectivity index (χ0v) is 19.3. The summed E-state index contributed by atoms with van der Waals surface area (Å²) in [6.07, 6.45) is 0.460. The minimum atomic E-state index is -0.731. The van der Waals surface area contributed by atoms with Crippen LogP contribution in [0.3, 0.4) is 0 Å². The number of halogens is 2. The molecule has 31 heavy (non-hydrogen) atoms. The highest BCUT2D eigenvalue weighted by Crippen LogP contribution is 2.21. The Morgan fingerprint density at radius 1 is 0.968 bits per heavy atom. The molecular formula is C23H27Cl2N3O3. The van der Waals surface area contributed by atoms with Gasteiger partial charge >= 0.3 is 0 Å². The first-order valence-corrected chi connectivity index (χ1v) is 10.9. The summed E-state index contributed by atoms with van der Waals surface area (Å²) in [5.74, 6) is -0.741. The number of hydrogen-bond acceptors (Lipinski definition) is 3. The molecular weight excluding hydrogens is 437 g/mol. The first-order valence-electron chi connectivity index (χ1n) is 10.1. The number of carbonyl (C=O) groups excluding carboxylic acids is 3. The molecule has 0 radical (unpaired) electrons. The summed E-state index contributed by atoms with van der Waals surface area (Å²) in [7, 11) is 0. The quantitative estimate of drug-likeness (QED) is 0.520. The standard InChI is InChI=1S/C23H27Cl2N3O3/c1-4-26-21(29)16-7-5-6-15(11-16)13-27-23(31)20(10-14(2)3)28-22(30)18-9-8-17(24)12-19(18)25/h5-9,11-12,14,20H,4,10,13H2,1-3H3,(H,26,29)(H,27,31)(H,28,30). The SMILES string of the molecule is CCNC(=O)c1cccc(CNC(=O)C(CC(C)C)NC(=O)c2ccc(Cl)cc2Cl)c1. The van der Waals surface area contributed by atoms with Crippen molar-refractivity contribution in [3.8, 4) is 0 Å². The molecule has 1 atom stereocenters. The van der Waals surface area contributed by atoms with E-state index in [1.807, 2.05) is 26.8 Å². The highest BCUT2D eigenvalue weighted by atomic mass is 35.5. The summed E-state index contributed by atoms with van der Waals surface area (Å²) in [6, 6.07) is 10.9. The van der Waals surface area contributed by atoms with Crippen molar-refractivity contribution in [2.24, 2.45) is 5.92 Å². The first-order chi connectivity index (χ1) is 14.7. The van der Waals surface area contributed by atoms with E-state index in [2.05, 4.69) is 16.0 Å². The van der Waals surface area contributed by atoms with Crippen LogP contribution < -0.4 is 16.0 Å². The Balaban J connectivity index is 2.07. The number of carbonyl (C=O) groups is 3. The lowest BCUT2D eigenvalue weighted by Gasteiger charge is -2.20. The number of nitrogens with one attached hydrogen (secondary N) is 3. The fourth-order valence-electron chi connectivity index (χ4n) is 3.01. The van der Waals surface area contributed by atoms with E-state index in [1.165, 1.54) is 12.1 Å². The van der Waals surface area contributed by atoms with Gasteiger partial charge in [0.1, 0.15) is 6.04 Å². The lowest BCUT2D eigenvalue weighted by Crippen LogP contribution is -2.47. The van der Waals surface area contributed by atoms with Gasteiger partial charge < -0.3 is 16.0 Å². The van der Waals surface area contributed by atoms with Crippen molar-refractivity contribution < 1.29 is 14.4 Å². The Hall–Kier alpha value is -2.57. The minimum absolute atomic E-state index is 0.166. The molecule has 8 heteroatoms. The third-order valence-corrected chi connectivity index (χ3v) is 5.05. The van der Waals surface area contributed by atoms with Gasteiger partial charge in [-0.3, -0.25) is 14.4 Å². The predicted octanol–water partition coefficient (Wildman–Crippen LogP) is 4.20. The number of amides is 3. The van der Waals surface area contributed by atoms with Crippen LogP contribution in [0.4, 0.5) is 0 Å². The van der Waals surface area contributed by atoms with Gasteiger partial charge in [0.25, 0.3) is 11.8 Å². The van der Waals surface area contributed by atoms with Crippen molar-refractivity contribution in [3.05, 3.63) is 69.2 Å². The maximum atomic E-state index is 12.8. The summed E-state index contributed by atoms with van der Waals surface area (Å²) in [4.78, 5) is 37.5. The van der Waals surface area contributed by atoms with Crippen LogP contribution >= 0.6 is 23.2 Å². The van der Waals surface area contributed by atoms with Gasteiger partial charge in [0.05, 0.1) is 10.6 Å². The zero-order chi connectivity index (χ0) is 23.0. The van der Waals surface area contributed by atoms with Crippen LogP contribution in [-0.4, -0.2) is 30.3 Å². The van der Waals surface area contributed by atoms with Crippen LogP contribution in [0.2, 0.25) is 10.0 Å². The lowest BCUT2D eigenvalue weighted by atomic mass is 10.0. The van der Waals surface area contributed by atoms with Crippen LogP contribution in [-0.2, 0) is 11.3 Å². The fourth-order valence-corrected chi connectivity index (χ4v) is 3.50. The molecule has 0 saturated heterocycles. The number of hydrogen-bond donors (Lipinski definition) is 3. The maximum Gasteiger partial charge on any atom is 0.253 e. The molecule has 6 nitrogen and oxygen atoms in total. The minimum Gasteiger partial charge on any atom is -0.352 e. The van der Waals surface area contributed by atoms with Crippen LogP contribution in [0.1, 0.15) is 53.5 Å². The molecule has 2 aromatic rings. The van der Waals surface area contributed by atoms with Gasteiger partial charge in [-0.2, -0.15) is 0 Å². The summed E-state index contributed by atoms with van der Waals surface area (Å²) < 4.78 is 0. The third-order valence-electron chi connectivity index (χ3n) is 4.50. The van der Waals surface area contributed by atoms with Gasteiger partial charge in [-0.15, -0.1) is 0 Å². The molecule has 2 rings (SSSR count). The molecule has 0 aliphatic rings. The second kappa shape index (κ2) is 11.7. The largest absolute Gasteiger partial charge is 0.352 e. The second-order valence-corrected chi connectivity index (χ2v) is 8.40. The molecule has 2 aromatic carbocycles. The van der Waals surface area contributed by atoms with Crippen molar-refractivity contribution in [1.29, 1.82) is 0 Å². The molecule has 0 fully saturated rings. The molecule has 1 unspecified atom stereocenters. The molecule has 0 saturated carbocycles. The normalized spacial score (nSPS) is 11.7. The van der Waals surface area contributed by atoms with Gasteiger partial charge in [-0.25, -0.2) is 0 Å². The lowest BCUT2D eigenvalue weighted by molar-refractivity contribution is -0.123. The van der Waals surface area contributed by atoms with Crippen molar-refractivity contribution in [1.82, 2.24) is 16.0 Å². The van der Waals surface area contributed by atoms with Crippen LogP contribution in [0.5, 0.6) is 0 Å². The van der Waals surface area contributed by atoms with E-state index in [0.29, 0.717) is 23.6 Å². The predicted molar refractivity (Wildman–Crippen MR) is 123 cm³/mol. The molecule has 3 N–H and O–H groups in total. The average Bonchev–Trinajstić information content (AvgIpc) is 2.71. The Bertz CT molecular complexity index is 947. The van der Waals surface area contributed by atoms with Gasteiger partial charge in [0, 0.05) is 23.7 Å². The molecule has 3 amide bonds. The van der Waals surface area contributed by atoms with Crippen LogP contribution in [0.15, 0.2) is 42.5 Å². The average molecular weight is 464 g/mol. The Morgan fingerprint density at radius 3 is 2.35 bits per heavy atom. The fraction of sp³-hybridized carbons (Fsp3) is 0.348. The summed E-state index contributed by atoms with van der Waals surface area (Å²) >= 11 is 12.0. The highest BCUT2D eigenvalue weighted by molar-refractivity contribution is 6.36. The van der Waals surface area contributed by atoms with Crippen molar-refractivity contribution in [2.45, 2.75) is 39.8 Å². The van der Waals surface area contributed by atoms with Gasteiger partial charge in [0.2, 0.25) is 5.91 Å². The van der Waals surface area contributed by atoms with E-state index in [0.717, 1.165) is 5.56 Å². The monoisotopic (exact) mass is 463 g/mol. The molecule has 0 aliphatic heterocycles. The molecule has 0 spiro atoms. The third kappa shape index (κ3) is 7.56. The van der Waals surface area contributed by atoms with Crippen molar-refractivity contribution >= 4 is 40.9 Å². The van der Waals surface area contributed by atoms with Gasteiger partial charge in [-0.05, 0) is 55.2 Å². The van der Waals surface area contributed by atoms with E-state index in [1.54, 1.807) is 24.3 Å². The Morgan fingerprint density at radius 2 is 1.71 bits per heavy atom. The van der Waals surface area contributed by atoms with E-state index in [-0.39, 0.29) is 34.9 Å². The van der Waals surface area contributed by atoms with Crippen LogP contribution in [0, 0.1) is 5.92 Å². The molecule has 0 bridgehead atoms. The maximum absolute atomic E-state index is 12.8. The summed E-state index contributed by atoms with van der Waals surface area (Å²) in [5, 5.41) is 9.00. The van der Waals surface area contributed by atoms with Crippen LogP contribution in [0.25, 0.3) is 0 Å². The number of benzene rings is 2. The van der Waals surface area contributed by atoms with E-state index in [9.17, 15) is 14.4 Å². The van der Waals surface area contributed by atoms with E-state index < -0.39 is 11.9 Å². The Labute approximate surface area is 192 Å². The topological polar surface area (TPSA) is 87.3 Å². The summed E-state index contributed by atoms with van der Waals surface area (Å²) in [5.41, 5.74) is 1.56.